The number of hydroxylamine groups is 1. The average Bonchev–Trinajstić information content (AvgIpc) is 2.88. The lowest BCUT2D eigenvalue weighted by Crippen LogP contribution is -2.49. The summed E-state index contributed by atoms with van der Waals surface area (Å²) in [5, 5.41) is 12.5. The molecule has 1 aromatic rings. The Balaban J connectivity index is 2.88. The van der Waals surface area contributed by atoms with Crippen LogP contribution in [0.25, 0.3) is 0 Å². The molecule has 1 atom stereocenters. The summed E-state index contributed by atoms with van der Waals surface area (Å²) in [5.74, 6) is 5.00. The van der Waals surface area contributed by atoms with Crippen molar-refractivity contribution in [1.29, 1.82) is 0 Å². The highest BCUT2D eigenvalue weighted by molar-refractivity contribution is 7.92. The lowest BCUT2D eigenvalue weighted by molar-refractivity contribution is -0.131. The third-order valence-electron chi connectivity index (χ3n) is 3.21. The van der Waals surface area contributed by atoms with E-state index in [2.05, 4.69) is 17.0 Å². The van der Waals surface area contributed by atoms with E-state index in [0.29, 0.717) is 17.9 Å². The van der Waals surface area contributed by atoms with E-state index in [1.807, 2.05) is 6.92 Å². The second-order valence-electron chi connectivity index (χ2n) is 4.78. The van der Waals surface area contributed by atoms with Gasteiger partial charge in [0, 0.05) is 18.7 Å². The highest BCUT2D eigenvalue weighted by Gasteiger charge is 2.43. The smallest absolute Gasteiger partial charge is 0.264 e. The van der Waals surface area contributed by atoms with Crippen LogP contribution in [-0.4, -0.2) is 35.7 Å². The normalized spacial score (nSPS) is 13.9. The van der Waals surface area contributed by atoms with Gasteiger partial charge in [-0.25, -0.2) is 13.9 Å². The van der Waals surface area contributed by atoms with Gasteiger partial charge in [-0.3, -0.25) is 10.0 Å². The number of nitrogens with one attached hydrogen (secondary N) is 1. The van der Waals surface area contributed by atoms with Gasteiger partial charge in [0.1, 0.15) is 4.75 Å². The number of aromatic nitrogens is 1. The summed E-state index contributed by atoms with van der Waals surface area (Å²) in [5.41, 5.74) is 1.89. The summed E-state index contributed by atoms with van der Waals surface area (Å²) in [6.45, 7) is 3.15. The first-order chi connectivity index (χ1) is 9.74. The van der Waals surface area contributed by atoms with Crippen LogP contribution in [0.15, 0.2) is 10.6 Å². The number of sulfone groups is 1. The SMILES string of the molecule is CCC#Cc1cc(CCC(C)(C(=O)NO)S(C)(=O)=O)no1. The van der Waals surface area contributed by atoms with Gasteiger partial charge in [0.05, 0.1) is 5.69 Å². The van der Waals surface area contributed by atoms with Crippen molar-refractivity contribution in [2.75, 3.05) is 6.26 Å². The molecule has 0 aliphatic rings. The maximum Gasteiger partial charge on any atom is 0.264 e. The lowest BCUT2D eigenvalue weighted by Gasteiger charge is -2.24. The highest BCUT2D eigenvalue weighted by Crippen LogP contribution is 2.23. The standard InChI is InChI=1S/C13H18N2O5S/c1-4-5-6-11-9-10(15-20-11)7-8-13(2,12(16)14-17)21(3,18)19/h9,17H,4,7-8H2,1-3H3,(H,14,16). The van der Waals surface area contributed by atoms with Gasteiger partial charge in [-0.1, -0.05) is 18.0 Å². The predicted molar refractivity (Wildman–Crippen MR) is 75.2 cm³/mol. The van der Waals surface area contributed by atoms with E-state index in [9.17, 15) is 13.2 Å². The maximum atomic E-state index is 11.8. The number of hydrogen-bond acceptors (Lipinski definition) is 6. The van der Waals surface area contributed by atoms with Crippen LogP contribution in [0.4, 0.5) is 0 Å². The molecule has 0 saturated carbocycles. The minimum Gasteiger partial charge on any atom is -0.347 e. The molecule has 1 aromatic heterocycles. The zero-order chi connectivity index (χ0) is 16.1. The Hall–Kier alpha value is -1.85. The summed E-state index contributed by atoms with van der Waals surface area (Å²) in [6.07, 6.45) is 1.79. The minimum absolute atomic E-state index is 0.0363. The summed E-state index contributed by atoms with van der Waals surface area (Å²) in [4.78, 5) is 11.6. The highest BCUT2D eigenvalue weighted by atomic mass is 32.2. The number of carbonyl (C=O) groups excluding carboxylic acids is 1. The zero-order valence-electron chi connectivity index (χ0n) is 12.1. The van der Waals surface area contributed by atoms with Crippen LogP contribution in [0.3, 0.4) is 0 Å². The Morgan fingerprint density at radius 2 is 2.24 bits per heavy atom. The molecule has 0 aliphatic carbocycles. The van der Waals surface area contributed by atoms with Gasteiger partial charge in [-0.2, -0.15) is 0 Å². The van der Waals surface area contributed by atoms with Crippen LogP contribution >= 0.6 is 0 Å². The fourth-order valence-electron chi connectivity index (χ4n) is 1.62. The number of amides is 1. The van der Waals surface area contributed by atoms with Crippen molar-refractivity contribution < 1.29 is 22.9 Å². The van der Waals surface area contributed by atoms with Crippen LogP contribution in [0.5, 0.6) is 0 Å². The van der Waals surface area contributed by atoms with E-state index in [4.69, 9.17) is 9.73 Å². The second kappa shape index (κ2) is 6.74. The van der Waals surface area contributed by atoms with E-state index in [1.54, 1.807) is 6.07 Å². The van der Waals surface area contributed by atoms with Gasteiger partial charge in [-0.15, -0.1) is 0 Å². The van der Waals surface area contributed by atoms with Gasteiger partial charge in [0.2, 0.25) is 5.76 Å². The molecular formula is C13H18N2O5S. The first-order valence-electron chi connectivity index (χ1n) is 6.33. The van der Waals surface area contributed by atoms with Crippen molar-refractivity contribution in [1.82, 2.24) is 10.6 Å². The van der Waals surface area contributed by atoms with E-state index >= 15 is 0 Å². The number of rotatable bonds is 5. The first-order valence-corrected chi connectivity index (χ1v) is 8.22. The Labute approximate surface area is 123 Å². The van der Waals surface area contributed by atoms with Crippen molar-refractivity contribution in [3.05, 3.63) is 17.5 Å². The molecule has 1 rings (SSSR count). The van der Waals surface area contributed by atoms with Crippen molar-refractivity contribution in [3.8, 4) is 11.8 Å². The molecule has 2 N–H and O–H groups in total. The topological polar surface area (TPSA) is 110 Å². The Bertz CT molecular complexity index is 668. The van der Waals surface area contributed by atoms with Gasteiger partial charge < -0.3 is 4.52 Å². The van der Waals surface area contributed by atoms with E-state index < -0.39 is 20.5 Å². The van der Waals surface area contributed by atoms with Crippen LogP contribution < -0.4 is 5.48 Å². The molecule has 0 fully saturated rings. The Morgan fingerprint density at radius 3 is 2.76 bits per heavy atom. The molecule has 1 heterocycles. The van der Waals surface area contributed by atoms with E-state index in [0.717, 1.165) is 6.26 Å². The molecule has 0 saturated heterocycles. The van der Waals surface area contributed by atoms with Crippen molar-refractivity contribution in [3.63, 3.8) is 0 Å². The fraction of sp³-hybridized carbons (Fsp3) is 0.538. The number of hydrogen-bond donors (Lipinski definition) is 2. The van der Waals surface area contributed by atoms with Crippen LogP contribution in [0, 0.1) is 11.8 Å². The van der Waals surface area contributed by atoms with Crippen molar-refractivity contribution >= 4 is 15.7 Å². The molecule has 0 spiro atoms. The van der Waals surface area contributed by atoms with Gasteiger partial charge >= 0.3 is 0 Å². The van der Waals surface area contributed by atoms with Crippen molar-refractivity contribution in [2.24, 2.45) is 0 Å². The summed E-state index contributed by atoms with van der Waals surface area (Å²) >= 11 is 0. The molecule has 116 valence electrons. The molecule has 21 heavy (non-hydrogen) atoms. The second-order valence-corrected chi connectivity index (χ2v) is 7.23. The largest absolute Gasteiger partial charge is 0.347 e. The maximum absolute atomic E-state index is 11.8. The van der Waals surface area contributed by atoms with Gasteiger partial charge in [0.25, 0.3) is 5.91 Å². The molecule has 0 aliphatic heterocycles. The fourth-order valence-corrected chi connectivity index (χ4v) is 2.47. The minimum atomic E-state index is -3.71. The molecule has 0 aromatic carbocycles. The van der Waals surface area contributed by atoms with Crippen LogP contribution in [0.1, 0.15) is 38.1 Å². The third kappa shape index (κ3) is 4.06. The lowest BCUT2D eigenvalue weighted by atomic mass is 10.0. The zero-order valence-corrected chi connectivity index (χ0v) is 13.0. The molecule has 7 nitrogen and oxygen atoms in total. The first kappa shape index (κ1) is 17.2. The summed E-state index contributed by atoms with van der Waals surface area (Å²) in [7, 11) is -3.71. The molecular weight excluding hydrogens is 296 g/mol. The predicted octanol–water partition coefficient (Wildman–Crippen LogP) is 0.677. The molecule has 8 heteroatoms. The molecule has 1 amide bonds. The van der Waals surface area contributed by atoms with E-state index in [-0.39, 0.29) is 12.8 Å². The Kier molecular flexibility index (Phi) is 5.52. The number of aryl methyl sites for hydroxylation is 1. The number of nitrogens with zero attached hydrogens (tertiary/aromatic N) is 1. The third-order valence-corrected chi connectivity index (χ3v) is 5.23. The quantitative estimate of drug-likeness (QED) is 0.470. The monoisotopic (exact) mass is 314 g/mol. The summed E-state index contributed by atoms with van der Waals surface area (Å²) < 4.78 is 26.8. The number of carbonyl (C=O) groups is 1. The Morgan fingerprint density at radius 1 is 1.57 bits per heavy atom. The van der Waals surface area contributed by atoms with Crippen molar-refractivity contribution in [2.45, 2.75) is 37.9 Å². The molecule has 0 bridgehead atoms. The molecule has 0 radical (unpaired) electrons. The van der Waals surface area contributed by atoms with Gasteiger partial charge in [0.15, 0.2) is 9.84 Å². The molecule has 1 unspecified atom stereocenters. The van der Waals surface area contributed by atoms with Crippen LogP contribution in [0.2, 0.25) is 0 Å². The summed E-state index contributed by atoms with van der Waals surface area (Å²) in [6, 6.07) is 1.60. The van der Waals surface area contributed by atoms with Gasteiger partial charge in [-0.05, 0) is 25.7 Å². The average molecular weight is 314 g/mol. The van der Waals surface area contributed by atoms with E-state index in [1.165, 1.54) is 12.4 Å². The van der Waals surface area contributed by atoms with Crippen LogP contribution in [-0.2, 0) is 21.1 Å².